The summed E-state index contributed by atoms with van der Waals surface area (Å²) >= 11 is 0. The van der Waals surface area contributed by atoms with E-state index < -0.39 is 0 Å². The number of hydrogen-bond donors (Lipinski definition) is 0. The van der Waals surface area contributed by atoms with Gasteiger partial charge in [-0.05, 0) is 79.2 Å². The van der Waals surface area contributed by atoms with E-state index in [1.807, 2.05) is 18.2 Å². The molecule has 9 aromatic carbocycles. The van der Waals surface area contributed by atoms with Crippen molar-refractivity contribution in [3.8, 4) is 90.3 Å². The van der Waals surface area contributed by atoms with Crippen LogP contribution in [0.25, 0.3) is 112 Å². The van der Waals surface area contributed by atoms with Gasteiger partial charge in [-0.3, -0.25) is 0 Å². The monoisotopic (exact) mass is 831 g/mol. The zero-order valence-electron chi connectivity index (χ0n) is 35.9. The van der Waals surface area contributed by atoms with Crippen molar-refractivity contribution in [2.45, 2.75) is 19.3 Å². The van der Waals surface area contributed by atoms with E-state index in [1.165, 1.54) is 22.3 Å². The summed E-state index contributed by atoms with van der Waals surface area (Å²) in [6.45, 7) is 4.63. The molecule has 0 fully saturated rings. The van der Waals surface area contributed by atoms with E-state index in [-0.39, 0.29) is 5.41 Å². The van der Waals surface area contributed by atoms with Crippen molar-refractivity contribution < 1.29 is 0 Å². The Labute approximate surface area is 377 Å². The van der Waals surface area contributed by atoms with Gasteiger partial charge in [0.05, 0.1) is 11.4 Å². The second-order valence-corrected chi connectivity index (χ2v) is 17.3. The largest absolute Gasteiger partial charge is 0.228 e. The average molecular weight is 832 g/mol. The van der Waals surface area contributed by atoms with Gasteiger partial charge in [-0.15, -0.1) is 0 Å². The Morgan fingerprint density at radius 2 is 0.723 bits per heavy atom. The van der Waals surface area contributed by atoms with Crippen LogP contribution in [-0.4, -0.2) is 24.9 Å². The highest BCUT2D eigenvalue weighted by Crippen LogP contribution is 2.49. The molecule has 0 atom stereocenters. The van der Waals surface area contributed by atoms with E-state index in [9.17, 15) is 0 Å². The average Bonchev–Trinajstić information content (AvgIpc) is 3.61. The first-order valence-corrected chi connectivity index (χ1v) is 22.1. The van der Waals surface area contributed by atoms with Gasteiger partial charge in [0.25, 0.3) is 0 Å². The lowest BCUT2D eigenvalue weighted by Gasteiger charge is -2.22. The molecule has 0 saturated heterocycles. The highest BCUT2D eigenvalue weighted by Gasteiger charge is 2.35. The van der Waals surface area contributed by atoms with Crippen LogP contribution in [0, 0.1) is 0 Å². The maximum Gasteiger partial charge on any atom is 0.164 e. The first-order chi connectivity index (χ1) is 31.9. The van der Waals surface area contributed by atoms with Crippen LogP contribution in [0.2, 0.25) is 0 Å². The molecule has 0 bridgehead atoms. The molecule has 2 aromatic heterocycles. The fourth-order valence-electron chi connectivity index (χ4n) is 9.61. The Balaban J connectivity index is 0.966. The topological polar surface area (TPSA) is 64.5 Å². The van der Waals surface area contributed by atoms with Gasteiger partial charge in [0.1, 0.15) is 0 Å². The Hall–Kier alpha value is -8.41. The molecule has 0 amide bonds. The molecular formula is C60H41N5. The maximum absolute atomic E-state index is 5.21. The van der Waals surface area contributed by atoms with E-state index in [1.54, 1.807) is 0 Å². The normalized spacial score (nSPS) is 12.6. The summed E-state index contributed by atoms with van der Waals surface area (Å²) in [5.41, 5.74) is 14.8. The molecule has 0 aliphatic heterocycles. The molecule has 0 radical (unpaired) electrons. The summed E-state index contributed by atoms with van der Waals surface area (Å²) in [5.74, 6) is 2.56. The van der Waals surface area contributed by atoms with E-state index in [2.05, 4.69) is 208 Å². The lowest BCUT2D eigenvalue weighted by atomic mass is 9.82. The highest BCUT2D eigenvalue weighted by molar-refractivity contribution is 5.97. The lowest BCUT2D eigenvalue weighted by molar-refractivity contribution is 0.660. The highest BCUT2D eigenvalue weighted by atomic mass is 15.0. The number of rotatable bonds is 7. The van der Waals surface area contributed by atoms with Gasteiger partial charge in [0, 0.05) is 38.8 Å². The molecule has 5 nitrogen and oxygen atoms in total. The van der Waals surface area contributed by atoms with Crippen molar-refractivity contribution in [1.29, 1.82) is 0 Å². The van der Waals surface area contributed by atoms with E-state index in [0.717, 1.165) is 77.4 Å². The molecule has 5 heteroatoms. The van der Waals surface area contributed by atoms with Crippen LogP contribution in [0.15, 0.2) is 212 Å². The van der Waals surface area contributed by atoms with Crippen LogP contribution < -0.4 is 0 Å². The SMILES string of the molecule is CC1(C)c2ccccc2-c2ccc(-c3cc(-c4cccc(-c5cccc(-c6nc(-c7cccc8ccccc78)nc(-c7cccc8ccccc78)n6)c5)c4)nc(-c4ccccc4)n3)cc21. The maximum atomic E-state index is 5.21. The van der Waals surface area contributed by atoms with E-state index in [4.69, 9.17) is 24.9 Å². The minimum atomic E-state index is -0.126. The van der Waals surface area contributed by atoms with Crippen molar-refractivity contribution >= 4 is 21.5 Å². The van der Waals surface area contributed by atoms with Crippen molar-refractivity contribution in [3.63, 3.8) is 0 Å². The fourth-order valence-corrected chi connectivity index (χ4v) is 9.61. The zero-order chi connectivity index (χ0) is 43.5. The molecule has 2 heterocycles. The molecule has 0 N–H and O–H groups in total. The number of nitrogens with zero attached hydrogens (tertiary/aromatic N) is 5. The van der Waals surface area contributed by atoms with E-state index >= 15 is 0 Å². The first kappa shape index (κ1) is 38.3. The fraction of sp³-hybridized carbons (Fsp3) is 0.0500. The summed E-state index contributed by atoms with van der Waals surface area (Å²) in [5, 5.41) is 4.45. The third-order valence-electron chi connectivity index (χ3n) is 12.9. The third-order valence-corrected chi connectivity index (χ3v) is 12.9. The van der Waals surface area contributed by atoms with Crippen LogP contribution in [-0.2, 0) is 5.41 Å². The molecule has 65 heavy (non-hydrogen) atoms. The minimum Gasteiger partial charge on any atom is -0.228 e. The molecule has 1 aliphatic rings. The molecule has 0 saturated carbocycles. The zero-order valence-corrected chi connectivity index (χ0v) is 35.9. The van der Waals surface area contributed by atoms with Gasteiger partial charge < -0.3 is 0 Å². The first-order valence-electron chi connectivity index (χ1n) is 22.1. The lowest BCUT2D eigenvalue weighted by Crippen LogP contribution is -2.14. The Bertz CT molecular complexity index is 3540. The van der Waals surface area contributed by atoms with Crippen LogP contribution in [0.5, 0.6) is 0 Å². The molecule has 12 rings (SSSR count). The molecule has 11 aromatic rings. The minimum absolute atomic E-state index is 0.126. The summed E-state index contributed by atoms with van der Waals surface area (Å²) in [4.78, 5) is 26.0. The van der Waals surface area contributed by atoms with Gasteiger partial charge in [-0.25, -0.2) is 24.9 Å². The number of fused-ring (bicyclic) bond motifs is 5. The van der Waals surface area contributed by atoms with Crippen molar-refractivity contribution in [3.05, 3.63) is 223 Å². The molecule has 0 unspecified atom stereocenters. The second-order valence-electron chi connectivity index (χ2n) is 17.3. The Morgan fingerprint density at radius 1 is 0.277 bits per heavy atom. The van der Waals surface area contributed by atoms with Gasteiger partial charge in [0.15, 0.2) is 23.3 Å². The summed E-state index contributed by atoms with van der Waals surface area (Å²) in [6.07, 6.45) is 0. The second kappa shape index (κ2) is 15.4. The van der Waals surface area contributed by atoms with Crippen molar-refractivity contribution in [2.24, 2.45) is 0 Å². The Kier molecular flexibility index (Phi) is 9.09. The molecule has 306 valence electrons. The predicted molar refractivity (Wildman–Crippen MR) is 266 cm³/mol. The summed E-state index contributed by atoms with van der Waals surface area (Å²) < 4.78 is 0. The summed E-state index contributed by atoms with van der Waals surface area (Å²) in [7, 11) is 0. The van der Waals surface area contributed by atoms with Gasteiger partial charge in [0.2, 0.25) is 0 Å². The number of benzene rings is 9. The van der Waals surface area contributed by atoms with Crippen LogP contribution in [0.1, 0.15) is 25.0 Å². The molecule has 0 spiro atoms. The van der Waals surface area contributed by atoms with Gasteiger partial charge in [-0.2, -0.15) is 0 Å². The quantitative estimate of drug-likeness (QED) is 0.160. The van der Waals surface area contributed by atoms with Crippen LogP contribution in [0.4, 0.5) is 0 Å². The van der Waals surface area contributed by atoms with Crippen molar-refractivity contribution in [2.75, 3.05) is 0 Å². The van der Waals surface area contributed by atoms with Gasteiger partial charge >= 0.3 is 0 Å². The van der Waals surface area contributed by atoms with Crippen LogP contribution in [0.3, 0.4) is 0 Å². The Morgan fingerprint density at radius 3 is 1.40 bits per heavy atom. The van der Waals surface area contributed by atoms with E-state index in [0.29, 0.717) is 23.3 Å². The van der Waals surface area contributed by atoms with Gasteiger partial charge in [-0.1, -0.05) is 202 Å². The van der Waals surface area contributed by atoms with Crippen LogP contribution >= 0.6 is 0 Å². The van der Waals surface area contributed by atoms with Crippen molar-refractivity contribution in [1.82, 2.24) is 24.9 Å². The number of aromatic nitrogens is 5. The smallest absolute Gasteiger partial charge is 0.164 e. The molecule has 1 aliphatic carbocycles. The third kappa shape index (κ3) is 6.77. The summed E-state index contributed by atoms with van der Waals surface area (Å²) in [6, 6.07) is 74.4. The number of hydrogen-bond acceptors (Lipinski definition) is 5. The molecular weight excluding hydrogens is 791 g/mol. The predicted octanol–water partition coefficient (Wildman–Crippen LogP) is 14.9. The standard InChI is InChI=1S/C60H41N5/c1-60(2)52-31-11-10-28-48(52)49-33-32-44(36-53(49)60)55-37-54(61-56(62-55)40-18-4-3-5-19-40)43-24-12-22-41(34-43)42-23-13-25-45(35-42)57-63-58(50-29-14-20-38-16-6-8-26-46(38)50)65-59(64-57)51-30-15-21-39-17-7-9-27-47(39)51/h3-37H,1-2H3.